The standard InChI is InChI=1S/C14H11FN2O3S/c1-8(11-6-7-12(21-11)14(19)20)16-17-13(18)9-4-2-3-5-10(9)15/h2-7H,1H3,(H,17,18)(H,19,20)/p-1/b16-8-. The van der Waals surface area contributed by atoms with Crippen molar-refractivity contribution in [2.45, 2.75) is 6.92 Å². The van der Waals surface area contributed by atoms with E-state index in [4.69, 9.17) is 0 Å². The topological polar surface area (TPSA) is 81.6 Å². The third-order valence-electron chi connectivity index (χ3n) is 2.61. The van der Waals surface area contributed by atoms with Gasteiger partial charge in [-0.05, 0) is 31.2 Å². The summed E-state index contributed by atoms with van der Waals surface area (Å²) in [5, 5.41) is 14.5. The zero-order valence-electron chi connectivity index (χ0n) is 10.9. The lowest BCUT2D eigenvalue weighted by molar-refractivity contribution is -0.254. The van der Waals surface area contributed by atoms with Crippen molar-refractivity contribution in [2.24, 2.45) is 5.10 Å². The van der Waals surface area contributed by atoms with E-state index >= 15 is 0 Å². The molecule has 1 N–H and O–H groups in total. The minimum Gasteiger partial charge on any atom is -0.544 e. The minimum atomic E-state index is -1.27. The first-order valence-electron chi connectivity index (χ1n) is 5.89. The summed E-state index contributed by atoms with van der Waals surface area (Å²) in [6.07, 6.45) is 0. The summed E-state index contributed by atoms with van der Waals surface area (Å²) in [4.78, 5) is 23.1. The Labute approximate surface area is 123 Å². The van der Waals surface area contributed by atoms with E-state index in [-0.39, 0.29) is 10.4 Å². The Morgan fingerprint density at radius 2 is 1.86 bits per heavy atom. The summed E-state index contributed by atoms with van der Waals surface area (Å²) < 4.78 is 13.4. The molecule has 0 aliphatic rings. The first-order chi connectivity index (χ1) is 9.99. The van der Waals surface area contributed by atoms with E-state index in [1.165, 1.54) is 24.3 Å². The maximum absolute atomic E-state index is 13.4. The zero-order valence-corrected chi connectivity index (χ0v) is 11.7. The van der Waals surface area contributed by atoms with Crippen LogP contribution in [0.25, 0.3) is 0 Å². The number of rotatable bonds is 4. The number of nitrogens with zero attached hydrogens (tertiary/aromatic N) is 1. The largest absolute Gasteiger partial charge is 0.544 e. The maximum atomic E-state index is 13.4. The molecule has 1 amide bonds. The van der Waals surface area contributed by atoms with Crippen LogP contribution in [-0.2, 0) is 0 Å². The summed E-state index contributed by atoms with van der Waals surface area (Å²) in [5.74, 6) is -2.59. The first kappa shape index (κ1) is 14.9. The van der Waals surface area contributed by atoms with Gasteiger partial charge in [-0.25, -0.2) is 9.82 Å². The number of thiophene rings is 1. The lowest BCUT2D eigenvalue weighted by Gasteiger charge is -2.02. The number of hydrazone groups is 1. The molecule has 0 atom stereocenters. The SMILES string of the molecule is C/C(=N/NC(=O)c1ccccc1F)c1ccc(C(=O)[O-])s1. The number of nitrogens with one attached hydrogen (secondary N) is 1. The number of carbonyl (C=O) groups is 2. The summed E-state index contributed by atoms with van der Waals surface area (Å²) in [6.45, 7) is 1.60. The van der Waals surface area contributed by atoms with Crippen molar-refractivity contribution in [2.75, 3.05) is 0 Å². The molecule has 0 radical (unpaired) electrons. The van der Waals surface area contributed by atoms with Gasteiger partial charge in [-0.3, -0.25) is 4.79 Å². The molecule has 5 nitrogen and oxygen atoms in total. The van der Waals surface area contributed by atoms with Crippen LogP contribution in [0.5, 0.6) is 0 Å². The van der Waals surface area contributed by atoms with Gasteiger partial charge in [-0.2, -0.15) is 5.10 Å². The average molecular weight is 305 g/mol. The Bertz CT molecular complexity index is 725. The molecule has 0 saturated carbocycles. The molecule has 0 aliphatic heterocycles. The van der Waals surface area contributed by atoms with Crippen LogP contribution >= 0.6 is 11.3 Å². The van der Waals surface area contributed by atoms with Gasteiger partial charge in [0.15, 0.2) is 0 Å². The molecule has 7 heteroatoms. The summed E-state index contributed by atoms with van der Waals surface area (Å²) in [5.41, 5.74) is 2.53. The molecule has 0 spiro atoms. The normalized spacial score (nSPS) is 11.2. The van der Waals surface area contributed by atoms with Gasteiger partial charge < -0.3 is 9.90 Å². The number of aromatic carboxylic acids is 1. The van der Waals surface area contributed by atoms with Crippen molar-refractivity contribution < 1.29 is 19.1 Å². The van der Waals surface area contributed by atoms with Gasteiger partial charge in [0.05, 0.1) is 27.0 Å². The molecule has 2 aromatic rings. The molecule has 0 aliphatic carbocycles. The van der Waals surface area contributed by atoms with Crippen LogP contribution in [0.2, 0.25) is 0 Å². The Hall–Kier alpha value is -2.54. The monoisotopic (exact) mass is 305 g/mol. The molecule has 0 unspecified atom stereocenters. The number of halogens is 1. The van der Waals surface area contributed by atoms with Gasteiger partial charge in [-0.1, -0.05) is 12.1 Å². The van der Waals surface area contributed by atoms with Gasteiger partial charge in [0.25, 0.3) is 5.91 Å². The molecule has 21 heavy (non-hydrogen) atoms. The van der Waals surface area contributed by atoms with Gasteiger partial charge in [0.1, 0.15) is 5.82 Å². The maximum Gasteiger partial charge on any atom is 0.274 e. The smallest absolute Gasteiger partial charge is 0.274 e. The van der Waals surface area contributed by atoms with Gasteiger partial charge in [0, 0.05) is 0 Å². The number of hydrogen-bond acceptors (Lipinski definition) is 5. The Kier molecular flexibility index (Phi) is 4.44. The number of amides is 1. The van der Waals surface area contributed by atoms with Crippen LogP contribution in [-0.4, -0.2) is 17.6 Å². The van der Waals surface area contributed by atoms with Crippen LogP contribution in [0.1, 0.15) is 31.8 Å². The van der Waals surface area contributed by atoms with Crippen LogP contribution in [0.15, 0.2) is 41.5 Å². The fourth-order valence-corrected chi connectivity index (χ4v) is 2.32. The number of benzene rings is 1. The minimum absolute atomic E-state index is 0.0694. The number of carboxylic acid groups (broad SMARTS) is 1. The molecule has 1 heterocycles. The zero-order chi connectivity index (χ0) is 15.4. The molecule has 0 saturated heterocycles. The van der Waals surface area contributed by atoms with E-state index < -0.39 is 17.7 Å². The second-order valence-electron chi connectivity index (χ2n) is 4.07. The Morgan fingerprint density at radius 1 is 1.19 bits per heavy atom. The summed E-state index contributed by atoms with van der Waals surface area (Å²) in [6, 6.07) is 8.50. The third-order valence-corrected chi connectivity index (χ3v) is 3.78. The van der Waals surface area contributed by atoms with E-state index in [2.05, 4.69) is 10.5 Å². The van der Waals surface area contributed by atoms with E-state index in [0.717, 1.165) is 11.3 Å². The van der Waals surface area contributed by atoms with Gasteiger partial charge in [-0.15, -0.1) is 11.3 Å². The molecule has 1 aromatic carbocycles. The van der Waals surface area contributed by atoms with E-state index in [1.54, 1.807) is 19.1 Å². The predicted octanol–water partition coefficient (Wildman–Crippen LogP) is 1.40. The molecular formula is C14H10FN2O3S-. The van der Waals surface area contributed by atoms with Gasteiger partial charge >= 0.3 is 0 Å². The van der Waals surface area contributed by atoms with Crippen LogP contribution < -0.4 is 10.5 Å². The van der Waals surface area contributed by atoms with Crippen LogP contribution in [0.4, 0.5) is 4.39 Å². The number of carboxylic acids is 1. The highest BCUT2D eigenvalue weighted by atomic mass is 32.1. The molecule has 0 fully saturated rings. The second kappa shape index (κ2) is 6.27. The van der Waals surface area contributed by atoms with Crippen molar-refractivity contribution in [3.63, 3.8) is 0 Å². The highest BCUT2D eigenvalue weighted by molar-refractivity contribution is 7.15. The first-order valence-corrected chi connectivity index (χ1v) is 6.71. The fraction of sp³-hybridized carbons (Fsp3) is 0.0714. The number of hydrogen-bond donors (Lipinski definition) is 1. The van der Waals surface area contributed by atoms with Crippen molar-refractivity contribution in [3.05, 3.63) is 57.5 Å². The lowest BCUT2D eigenvalue weighted by atomic mass is 10.2. The van der Waals surface area contributed by atoms with Crippen LogP contribution in [0, 0.1) is 5.82 Å². The second-order valence-corrected chi connectivity index (χ2v) is 5.15. The highest BCUT2D eigenvalue weighted by Gasteiger charge is 2.10. The number of carbonyl (C=O) groups excluding carboxylic acids is 2. The Morgan fingerprint density at radius 3 is 2.48 bits per heavy atom. The molecule has 108 valence electrons. The highest BCUT2D eigenvalue weighted by Crippen LogP contribution is 2.16. The van der Waals surface area contributed by atoms with Gasteiger partial charge in [0.2, 0.25) is 0 Å². The van der Waals surface area contributed by atoms with E-state index in [0.29, 0.717) is 10.6 Å². The molecule has 1 aromatic heterocycles. The quantitative estimate of drug-likeness (QED) is 0.685. The lowest BCUT2D eigenvalue weighted by Crippen LogP contribution is -2.21. The predicted molar refractivity (Wildman–Crippen MR) is 74.7 cm³/mol. The van der Waals surface area contributed by atoms with Crippen molar-refractivity contribution in [1.29, 1.82) is 0 Å². The van der Waals surface area contributed by atoms with Crippen molar-refractivity contribution in [3.8, 4) is 0 Å². The van der Waals surface area contributed by atoms with Crippen molar-refractivity contribution in [1.82, 2.24) is 5.43 Å². The van der Waals surface area contributed by atoms with E-state index in [9.17, 15) is 19.1 Å². The Balaban J connectivity index is 2.11. The molecule has 2 rings (SSSR count). The molecular weight excluding hydrogens is 295 g/mol. The molecule has 0 bridgehead atoms. The van der Waals surface area contributed by atoms with Crippen LogP contribution in [0.3, 0.4) is 0 Å². The fourth-order valence-electron chi connectivity index (χ4n) is 1.54. The van der Waals surface area contributed by atoms with E-state index in [1.807, 2.05) is 0 Å². The third kappa shape index (κ3) is 3.51. The average Bonchev–Trinajstić information content (AvgIpc) is 2.95. The van der Waals surface area contributed by atoms with Crippen molar-refractivity contribution >= 4 is 28.9 Å². The summed E-state index contributed by atoms with van der Waals surface area (Å²) in [7, 11) is 0. The summed E-state index contributed by atoms with van der Waals surface area (Å²) >= 11 is 0.982.